The van der Waals surface area contributed by atoms with Crippen LogP contribution in [0.4, 0.5) is 0 Å². The summed E-state index contributed by atoms with van der Waals surface area (Å²) in [6.45, 7) is 1.76. The van der Waals surface area contributed by atoms with Crippen molar-refractivity contribution in [2.75, 3.05) is 7.11 Å². The molecule has 1 aromatic carbocycles. The minimum absolute atomic E-state index is 0.159. The molecule has 0 unspecified atom stereocenters. The van der Waals surface area contributed by atoms with Crippen molar-refractivity contribution in [3.63, 3.8) is 0 Å². The van der Waals surface area contributed by atoms with Crippen molar-refractivity contribution >= 4 is 17.1 Å². The number of aromatic nitrogens is 3. The molecule has 0 radical (unpaired) electrons. The van der Waals surface area contributed by atoms with Gasteiger partial charge in [-0.3, -0.25) is 0 Å². The summed E-state index contributed by atoms with van der Waals surface area (Å²) in [6, 6.07) is 8.81. The number of methoxy groups -OCH3 is 1. The van der Waals surface area contributed by atoms with E-state index in [0.717, 1.165) is 11.3 Å². The average molecular weight is 283 g/mol. The highest BCUT2D eigenvalue weighted by Gasteiger charge is 2.15. The number of carboxylic acids is 1. The van der Waals surface area contributed by atoms with E-state index in [0.29, 0.717) is 22.7 Å². The summed E-state index contributed by atoms with van der Waals surface area (Å²) >= 11 is 0. The van der Waals surface area contributed by atoms with Crippen LogP contribution in [0.1, 0.15) is 16.2 Å². The summed E-state index contributed by atoms with van der Waals surface area (Å²) in [5.41, 5.74) is 2.37. The third-order valence-corrected chi connectivity index (χ3v) is 3.20. The first-order valence-electron chi connectivity index (χ1n) is 6.33. The number of rotatable bonds is 3. The van der Waals surface area contributed by atoms with Gasteiger partial charge in [0.05, 0.1) is 23.9 Å². The Morgan fingerprint density at radius 3 is 2.57 bits per heavy atom. The molecule has 0 saturated heterocycles. The van der Waals surface area contributed by atoms with Crippen LogP contribution in [0.25, 0.3) is 22.4 Å². The van der Waals surface area contributed by atoms with Gasteiger partial charge in [-0.2, -0.15) is 0 Å². The van der Waals surface area contributed by atoms with E-state index in [9.17, 15) is 9.90 Å². The SMILES string of the molecule is COc1ccc(-c2cc(C(=O)O)c3[nH]c(C)nc3n2)cc1. The van der Waals surface area contributed by atoms with E-state index in [4.69, 9.17) is 4.74 Å². The van der Waals surface area contributed by atoms with E-state index in [1.807, 2.05) is 12.1 Å². The topological polar surface area (TPSA) is 88.1 Å². The molecule has 2 heterocycles. The van der Waals surface area contributed by atoms with Gasteiger partial charge in [0, 0.05) is 5.56 Å². The number of aryl methyl sites for hydroxylation is 1. The van der Waals surface area contributed by atoms with Crippen molar-refractivity contribution in [3.8, 4) is 17.0 Å². The van der Waals surface area contributed by atoms with Crippen LogP contribution in [0.3, 0.4) is 0 Å². The molecule has 3 aromatic rings. The monoisotopic (exact) mass is 283 g/mol. The number of ether oxygens (including phenoxy) is 1. The molecule has 21 heavy (non-hydrogen) atoms. The third-order valence-electron chi connectivity index (χ3n) is 3.20. The Morgan fingerprint density at radius 1 is 1.24 bits per heavy atom. The Labute approximate surface area is 120 Å². The number of carbonyl (C=O) groups is 1. The van der Waals surface area contributed by atoms with Gasteiger partial charge in [-0.25, -0.2) is 14.8 Å². The number of imidazole rings is 1. The molecule has 2 aromatic heterocycles. The summed E-state index contributed by atoms with van der Waals surface area (Å²) in [6.07, 6.45) is 0. The number of H-pyrrole nitrogens is 1. The lowest BCUT2D eigenvalue weighted by atomic mass is 10.1. The molecular formula is C15H13N3O3. The smallest absolute Gasteiger partial charge is 0.338 e. The maximum absolute atomic E-state index is 11.4. The number of hydrogen-bond acceptors (Lipinski definition) is 4. The first-order valence-corrected chi connectivity index (χ1v) is 6.33. The average Bonchev–Trinajstić information content (AvgIpc) is 2.86. The molecule has 6 nitrogen and oxygen atoms in total. The predicted molar refractivity (Wildman–Crippen MR) is 77.6 cm³/mol. The summed E-state index contributed by atoms with van der Waals surface area (Å²) < 4.78 is 5.11. The Balaban J connectivity index is 2.19. The van der Waals surface area contributed by atoms with Gasteiger partial charge in [0.2, 0.25) is 0 Å². The van der Waals surface area contributed by atoms with E-state index in [1.54, 1.807) is 32.2 Å². The number of aromatic amines is 1. The van der Waals surface area contributed by atoms with Gasteiger partial charge in [0.25, 0.3) is 0 Å². The molecular weight excluding hydrogens is 270 g/mol. The zero-order chi connectivity index (χ0) is 15.0. The van der Waals surface area contributed by atoms with Crippen LogP contribution in [0.15, 0.2) is 30.3 Å². The number of carboxylic acid groups (broad SMARTS) is 1. The van der Waals surface area contributed by atoms with Gasteiger partial charge in [-0.15, -0.1) is 0 Å². The minimum Gasteiger partial charge on any atom is -0.497 e. The predicted octanol–water partition coefficient (Wildman–Crippen LogP) is 2.64. The second-order valence-corrected chi connectivity index (χ2v) is 4.61. The maximum Gasteiger partial charge on any atom is 0.338 e. The lowest BCUT2D eigenvalue weighted by Gasteiger charge is -2.05. The molecule has 2 N–H and O–H groups in total. The van der Waals surface area contributed by atoms with Crippen LogP contribution in [0.5, 0.6) is 5.75 Å². The molecule has 0 bridgehead atoms. The zero-order valence-corrected chi connectivity index (χ0v) is 11.5. The maximum atomic E-state index is 11.4. The Kier molecular flexibility index (Phi) is 3.06. The molecule has 0 aliphatic carbocycles. The first kappa shape index (κ1) is 13.1. The van der Waals surface area contributed by atoms with E-state index >= 15 is 0 Å². The fraction of sp³-hybridized carbons (Fsp3) is 0.133. The zero-order valence-electron chi connectivity index (χ0n) is 11.5. The number of fused-ring (bicyclic) bond motifs is 1. The molecule has 0 spiro atoms. The Hall–Kier alpha value is -2.89. The molecule has 106 valence electrons. The molecule has 6 heteroatoms. The fourth-order valence-electron chi connectivity index (χ4n) is 2.18. The first-order chi connectivity index (χ1) is 10.1. The molecule has 0 fully saturated rings. The second kappa shape index (κ2) is 4.90. The summed E-state index contributed by atoms with van der Waals surface area (Å²) in [7, 11) is 1.59. The number of benzene rings is 1. The summed E-state index contributed by atoms with van der Waals surface area (Å²) in [4.78, 5) is 23.0. The van der Waals surface area contributed by atoms with Crippen molar-refractivity contribution in [1.29, 1.82) is 0 Å². The van der Waals surface area contributed by atoms with Crippen molar-refractivity contribution in [1.82, 2.24) is 15.0 Å². The van der Waals surface area contributed by atoms with Gasteiger partial charge < -0.3 is 14.8 Å². The van der Waals surface area contributed by atoms with Crippen molar-refractivity contribution in [3.05, 3.63) is 41.7 Å². The Bertz CT molecular complexity index is 822. The van der Waals surface area contributed by atoms with Crippen LogP contribution in [0, 0.1) is 6.92 Å². The van der Waals surface area contributed by atoms with Crippen molar-refractivity contribution in [2.45, 2.75) is 6.92 Å². The highest BCUT2D eigenvalue weighted by molar-refractivity contribution is 6.01. The molecule has 0 atom stereocenters. The number of nitrogens with one attached hydrogen (secondary N) is 1. The number of pyridine rings is 1. The summed E-state index contributed by atoms with van der Waals surface area (Å²) in [5, 5.41) is 9.35. The van der Waals surface area contributed by atoms with Crippen molar-refractivity contribution in [2.24, 2.45) is 0 Å². The van der Waals surface area contributed by atoms with Gasteiger partial charge in [-0.05, 0) is 37.3 Å². The fourth-order valence-corrected chi connectivity index (χ4v) is 2.18. The highest BCUT2D eigenvalue weighted by Crippen LogP contribution is 2.25. The number of hydrogen-bond donors (Lipinski definition) is 2. The van der Waals surface area contributed by atoms with Gasteiger partial charge in [-0.1, -0.05) is 0 Å². The van der Waals surface area contributed by atoms with Crippen molar-refractivity contribution < 1.29 is 14.6 Å². The van der Waals surface area contributed by atoms with E-state index in [-0.39, 0.29) is 5.56 Å². The van der Waals surface area contributed by atoms with Crippen LogP contribution < -0.4 is 4.74 Å². The van der Waals surface area contributed by atoms with E-state index < -0.39 is 5.97 Å². The molecule has 0 amide bonds. The van der Waals surface area contributed by atoms with Gasteiger partial charge in [0.1, 0.15) is 11.6 Å². The van der Waals surface area contributed by atoms with Crippen LogP contribution >= 0.6 is 0 Å². The van der Waals surface area contributed by atoms with E-state index in [2.05, 4.69) is 15.0 Å². The number of nitrogens with zero attached hydrogens (tertiary/aromatic N) is 2. The van der Waals surface area contributed by atoms with Crippen LogP contribution in [-0.4, -0.2) is 33.1 Å². The molecule has 3 rings (SSSR count). The third kappa shape index (κ3) is 2.31. The van der Waals surface area contributed by atoms with Gasteiger partial charge >= 0.3 is 5.97 Å². The van der Waals surface area contributed by atoms with Crippen LogP contribution in [-0.2, 0) is 0 Å². The molecule has 0 saturated carbocycles. The lowest BCUT2D eigenvalue weighted by molar-refractivity contribution is 0.0699. The second-order valence-electron chi connectivity index (χ2n) is 4.61. The standard InChI is InChI=1S/C15H13N3O3/c1-8-16-13-11(15(19)20)7-12(18-14(13)17-8)9-3-5-10(21-2)6-4-9/h3-7H,1-2H3,(H,19,20)(H,16,17,18). The van der Waals surface area contributed by atoms with Crippen LogP contribution in [0.2, 0.25) is 0 Å². The largest absolute Gasteiger partial charge is 0.497 e. The molecule has 0 aliphatic heterocycles. The lowest BCUT2D eigenvalue weighted by Crippen LogP contribution is -2.00. The molecule has 0 aliphatic rings. The highest BCUT2D eigenvalue weighted by atomic mass is 16.5. The van der Waals surface area contributed by atoms with Gasteiger partial charge in [0.15, 0.2) is 5.65 Å². The minimum atomic E-state index is -1.01. The summed E-state index contributed by atoms with van der Waals surface area (Å²) in [5.74, 6) is 0.349. The van der Waals surface area contributed by atoms with E-state index in [1.165, 1.54) is 0 Å². The Morgan fingerprint density at radius 2 is 1.95 bits per heavy atom. The quantitative estimate of drug-likeness (QED) is 0.771. The normalized spacial score (nSPS) is 10.8. The number of aromatic carboxylic acids is 1.